The van der Waals surface area contributed by atoms with E-state index in [-0.39, 0.29) is 5.25 Å². The summed E-state index contributed by atoms with van der Waals surface area (Å²) < 4.78 is 20.1. The van der Waals surface area contributed by atoms with Gasteiger partial charge in [0.05, 0.1) is 0 Å². The Morgan fingerprint density at radius 1 is 0.391 bits per heavy atom. The topological polar surface area (TPSA) is 27.7 Å². The van der Waals surface area contributed by atoms with Gasteiger partial charge in [0.25, 0.3) is 0 Å². The molecule has 0 aromatic heterocycles. The minimum Gasteiger partial charge on any atom is -0.373 e. The molecule has 1 unspecified atom stereocenters. The maximum absolute atomic E-state index is 6.72. The highest BCUT2D eigenvalue weighted by Gasteiger charge is 2.41. The van der Waals surface area contributed by atoms with Crippen LogP contribution in [0.15, 0.2) is 0 Å². The van der Waals surface area contributed by atoms with Gasteiger partial charge >= 0.3 is 8.80 Å². The van der Waals surface area contributed by atoms with Crippen LogP contribution in [-0.2, 0) is 13.3 Å². The Hall–Kier alpha value is 0.797. The molecule has 0 rings (SSSR count). The van der Waals surface area contributed by atoms with E-state index >= 15 is 0 Å². The molecule has 46 heavy (non-hydrogen) atoms. The third kappa shape index (κ3) is 33.3. The molecule has 0 saturated carbocycles. The van der Waals surface area contributed by atoms with Crippen molar-refractivity contribution in [2.75, 3.05) is 25.6 Å². The zero-order valence-corrected chi connectivity index (χ0v) is 34.4. The Balaban J connectivity index is 4.68. The van der Waals surface area contributed by atoms with E-state index in [4.69, 9.17) is 25.9 Å². The third-order valence-electron chi connectivity index (χ3n) is 9.45. The van der Waals surface area contributed by atoms with Crippen LogP contribution in [0.3, 0.4) is 0 Å². The molecule has 0 aromatic carbocycles. The zero-order chi connectivity index (χ0) is 33.7. The molecule has 0 saturated heterocycles. The summed E-state index contributed by atoms with van der Waals surface area (Å²) in [7, 11) is -2.74. The van der Waals surface area contributed by atoms with Crippen molar-refractivity contribution in [2.45, 2.75) is 231 Å². The van der Waals surface area contributed by atoms with Crippen LogP contribution in [0.5, 0.6) is 0 Å². The van der Waals surface area contributed by atoms with Crippen molar-refractivity contribution < 1.29 is 13.3 Å². The van der Waals surface area contributed by atoms with Gasteiger partial charge in [-0.1, -0.05) is 194 Å². The van der Waals surface area contributed by atoms with Gasteiger partial charge in [-0.05, 0) is 25.7 Å². The van der Waals surface area contributed by atoms with Crippen LogP contribution in [-0.4, -0.2) is 39.6 Å². The van der Waals surface area contributed by atoms with Crippen molar-refractivity contribution in [3.05, 3.63) is 0 Å². The Kier molecular flexibility index (Phi) is 39.3. The Labute approximate surface area is 302 Å². The summed E-state index contributed by atoms with van der Waals surface area (Å²) in [4.78, 5) is 0. The molecular weight excluding hydrogens is 621 g/mol. The molecule has 0 heterocycles. The third-order valence-corrected chi connectivity index (χ3v) is 13.5. The first-order valence-electron chi connectivity index (χ1n) is 20.8. The van der Waals surface area contributed by atoms with Crippen LogP contribution >= 0.6 is 25.3 Å². The van der Waals surface area contributed by atoms with Gasteiger partial charge in [-0.15, -0.1) is 0 Å². The molecule has 0 amide bonds. The fraction of sp³-hybridized carbons (Fsp3) is 1.00. The monoisotopic (exact) mass is 705 g/mol. The quantitative estimate of drug-likeness (QED) is 0.0378. The summed E-state index contributed by atoms with van der Waals surface area (Å²) in [5.41, 5.74) is 0. The normalized spacial score (nSPS) is 12.7. The van der Waals surface area contributed by atoms with Crippen molar-refractivity contribution in [1.29, 1.82) is 0 Å². The highest BCUT2D eigenvalue weighted by Crippen LogP contribution is 2.24. The predicted octanol–water partition coefficient (Wildman–Crippen LogP) is 14.4. The van der Waals surface area contributed by atoms with E-state index in [1.165, 1.54) is 173 Å². The molecule has 3 nitrogen and oxygen atoms in total. The van der Waals surface area contributed by atoms with Gasteiger partial charge in [0, 0.05) is 36.9 Å². The van der Waals surface area contributed by atoms with Crippen molar-refractivity contribution in [3.8, 4) is 0 Å². The Morgan fingerprint density at radius 2 is 0.630 bits per heavy atom. The van der Waals surface area contributed by atoms with Crippen molar-refractivity contribution in [3.63, 3.8) is 0 Å². The van der Waals surface area contributed by atoms with Crippen molar-refractivity contribution in [2.24, 2.45) is 0 Å². The molecule has 6 heteroatoms. The number of rotatable bonds is 40. The van der Waals surface area contributed by atoms with Crippen LogP contribution in [0.2, 0.25) is 6.04 Å². The predicted molar refractivity (Wildman–Crippen MR) is 215 cm³/mol. The van der Waals surface area contributed by atoms with Crippen LogP contribution in [0.4, 0.5) is 0 Å². The second-order valence-electron chi connectivity index (χ2n) is 14.1. The van der Waals surface area contributed by atoms with E-state index in [1.807, 2.05) is 0 Å². The number of thiol groups is 2. The van der Waals surface area contributed by atoms with Crippen LogP contribution < -0.4 is 0 Å². The summed E-state index contributed by atoms with van der Waals surface area (Å²) in [5.74, 6) is 0.781. The molecule has 0 bridgehead atoms. The SMILES string of the molecule is CCCCCCCCCCCCO[Si](CCC(S)CS)(OCCCCCCCCCCCC)OCCCCCCCCCCCC. The van der Waals surface area contributed by atoms with Gasteiger partial charge in [0.2, 0.25) is 0 Å². The van der Waals surface area contributed by atoms with E-state index in [2.05, 4.69) is 33.4 Å². The molecule has 0 aromatic rings. The van der Waals surface area contributed by atoms with Crippen LogP contribution in [0.25, 0.3) is 0 Å². The second kappa shape index (κ2) is 38.6. The average Bonchev–Trinajstić information content (AvgIpc) is 3.07. The van der Waals surface area contributed by atoms with E-state index in [0.717, 1.165) is 57.3 Å². The maximum atomic E-state index is 6.72. The molecule has 0 N–H and O–H groups in total. The lowest BCUT2D eigenvalue weighted by molar-refractivity contribution is 0.0548. The van der Waals surface area contributed by atoms with Gasteiger partial charge in [-0.2, -0.15) is 25.3 Å². The lowest BCUT2D eigenvalue weighted by Crippen LogP contribution is -2.47. The van der Waals surface area contributed by atoms with E-state index in [9.17, 15) is 0 Å². The van der Waals surface area contributed by atoms with Crippen LogP contribution in [0, 0.1) is 0 Å². The highest BCUT2D eigenvalue weighted by atomic mass is 32.1. The summed E-state index contributed by atoms with van der Waals surface area (Å²) in [6.07, 6.45) is 41.2. The van der Waals surface area contributed by atoms with Gasteiger partial charge < -0.3 is 13.3 Å². The number of unbranched alkanes of at least 4 members (excludes halogenated alkanes) is 27. The Bertz CT molecular complexity index is 504. The smallest absolute Gasteiger partial charge is 0.373 e. The molecule has 0 fully saturated rings. The van der Waals surface area contributed by atoms with E-state index in [0.29, 0.717) is 0 Å². The first-order chi connectivity index (χ1) is 22.6. The fourth-order valence-electron chi connectivity index (χ4n) is 6.23. The van der Waals surface area contributed by atoms with Gasteiger partial charge in [0.1, 0.15) is 0 Å². The van der Waals surface area contributed by atoms with E-state index in [1.54, 1.807) is 0 Å². The minimum absolute atomic E-state index is 0.262. The maximum Gasteiger partial charge on any atom is 0.500 e. The second-order valence-corrected chi connectivity index (χ2v) is 18.0. The molecule has 0 aliphatic rings. The average molecular weight is 705 g/mol. The largest absolute Gasteiger partial charge is 0.500 e. The summed E-state index contributed by atoms with van der Waals surface area (Å²) in [6, 6.07) is 0.870. The van der Waals surface area contributed by atoms with Crippen molar-refractivity contribution in [1.82, 2.24) is 0 Å². The van der Waals surface area contributed by atoms with Gasteiger partial charge in [-0.3, -0.25) is 0 Å². The van der Waals surface area contributed by atoms with Gasteiger partial charge in [0.15, 0.2) is 0 Å². The first kappa shape index (κ1) is 46.8. The Morgan fingerprint density at radius 3 is 0.870 bits per heavy atom. The number of hydrogen-bond acceptors (Lipinski definition) is 5. The van der Waals surface area contributed by atoms with Crippen molar-refractivity contribution >= 4 is 34.1 Å². The molecule has 0 aliphatic heterocycles. The lowest BCUT2D eigenvalue weighted by atomic mass is 10.1. The summed E-state index contributed by atoms with van der Waals surface area (Å²) >= 11 is 9.28. The molecule has 278 valence electrons. The summed E-state index contributed by atoms with van der Waals surface area (Å²) in [6.45, 7) is 9.21. The fourth-order valence-corrected chi connectivity index (χ4v) is 9.53. The number of hydrogen-bond donors (Lipinski definition) is 2. The van der Waals surface area contributed by atoms with E-state index < -0.39 is 8.80 Å². The lowest BCUT2D eigenvalue weighted by Gasteiger charge is -2.31. The molecular formula is C40H84O3S2Si. The molecule has 0 aliphatic carbocycles. The first-order valence-corrected chi connectivity index (χ1v) is 23.9. The van der Waals surface area contributed by atoms with Gasteiger partial charge in [-0.25, -0.2) is 0 Å². The summed E-state index contributed by atoms with van der Waals surface area (Å²) in [5, 5.41) is 0.262. The molecule has 0 spiro atoms. The zero-order valence-electron chi connectivity index (χ0n) is 31.7. The molecule has 0 radical (unpaired) electrons. The standard InChI is InChI=1S/C40H84O3S2Si/c1-4-7-10-13-16-19-22-25-28-31-35-41-46(38-34-40(45)39-44,42-36-32-29-26-23-20-17-14-11-8-5-2)43-37-33-30-27-24-21-18-15-12-9-6-3/h40,44-45H,4-39H2,1-3H3. The molecule has 1 atom stereocenters. The highest BCUT2D eigenvalue weighted by molar-refractivity contribution is 7.84. The minimum atomic E-state index is -2.74. The van der Waals surface area contributed by atoms with Crippen LogP contribution in [0.1, 0.15) is 220 Å².